The van der Waals surface area contributed by atoms with E-state index >= 15 is 0 Å². The normalized spacial score (nSPS) is 17.1. The predicted octanol–water partition coefficient (Wildman–Crippen LogP) is 4.08. The molecule has 2 N–H and O–H groups in total. The smallest absolute Gasteiger partial charge is 0.270 e. The minimum Gasteiger partial charge on any atom is -0.484 e. The van der Waals surface area contributed by atoms with Crippen LogP contribution in [0.5, 0.6) is 5.75 Å². The maximum Gasteiger partial charge on any atom is 0.270 e. The molecule has 1 atom stereocenters. The number of benzene rings is 1. The Hall–Kier alpha value is -2.82. The molecule has 0 radical (unpaired) electrons. The van der Waals surface area contributed by atoms with Crippen LogP contribution in [0.15, 0.2) is 46.0 Å². The number of carbonyl (C=O) groups is 1. The van der Waals surface area contributed by atoms with E-state index < -0.39 is 6.10 Å². The highest BCUT2D eigenvalue weighted by molar-refractivity contribution is 9.10. The van der Waals surface area contributed by atoms with Crippen molar-refractivity contribution in [1.29, 1.82) is 0 Å². The van der Waals surface area contributed by atoms with Gasteiger partial charge in [0.05, 0.1) is 16.8 Å². The third-order valence-corrected chi connectivity index (χ3v) is 8.25. The molecule has 3 aromatic rings. The zero-order chi connectivity index (χ0) is 26.3. The van der Waals surface area contributed by atoms with Crippen LogP contribution in [0.4, 0.5) is 0 Å². The molecule has 0 bridgehead atoms. The molecular formula is C28H34BrN5O4. The van der Waals surface area contributed by atoms with Crippen molar-refractivity contribution in [3.05, 3.63) is 69.9 Å². The molecule has 1 aliphatic heterocycles. The van der Waals surface area contributed by atoms with E-state index in [2.05, 4.69) is 47.2 Å². The molecule has 38 heavy (non-hydrogen) atoms. The summed E-state index contributed by atoms with van der Waals surface area (Å²) >= 11 is 3.70. The lowest BCUT2D eigenvalue weighted by molar-refractivity contribution is 0.0837. The van der Waals surface area contributed by atoms with Crippen molar-refractivity contribution in [2.75, 3.05) is 19.6 Å². The summed E-state index contributed by atoms with van der Waals surface area (Å²) in [6.07, 6.45) is 11.9. The van der Waals surface area contributed by atoms with Crippen molar-refractivity contribution in [2.45, 2.75) is 64.2 Å². The van der Waals surface area contributed by atoms with Crippen LogP contribution in [0.1, 0.15) is 65.2 Å². The van der Waals surface area contributed by atoms with E-state index in [4.69, 9.17) is 9.15 Å². The molecule has 0 unspecified atom stereocenters. The summed E-state index contributed by atoms with van der Waals surface area (Å²) in [5.74, 6) is 1.80. The van der Waals surface area contributed by atoms with Crippen LogP contribution in [-0.2, 0) is 26.0 Å². The SMILES string of the molecule is O=C(NC[C@H](O)CN1CCc2c(ccc(OCc3cnco3)c2Br)C1)c1cc(CC2CCCCC2)ncn1. The van der Waals surface area contributed by atoms with Gasteiger partial charge < -0.3 is 19.6 Å². The fourth-order valence-electron chi connectivity index (χ4n) is 5.36. The average Bonchev–Trinajstić information content (AvgIpc) is 3.46. The zero-order valence-electron chi connectivity index (χ0n) is 21.4. The average molecular weight is 585 g/mol. The number of amides is 1. The molecule has 9 nitrogen and oxygen atoms in total. The molecule has 1 fully saturated rings. The van der Waals surface area contributed by atoms with Gasteiger partial charge in [-0.25, -0.2) is 15.0 Å². The number of rotatable bonds is 10. The highest BCUT2D eigenvalue weighted by atomic mass is 79.9. The molecule has 202 valence electrons. The minimum atomic E-state index is -0.683. The van der Waals surface area contributed by atoms with Crippen LogP contribution < -0.4 is 10.1 Å². The molecule has 0 spiro atoms. The molecule has 3 heterocycles. The Labute approximate surface area is 231 Å². The highest BCUT2D eigenvalue weighted by Gasteiger charge is 2.23. The van der Waals surface area contributed by atoms with E-state index in [1.165, 1.54) is 56.0 Å². The molecule has 10 heteroatoms. The Balaban J connectivity index is 1.09. The molecule has 2 aliphatic rings. The van der Waals surface area contributed by atoms with E-state index in [1.807, 2.05) is 6.07 Å². The minimum absolute atomic E-state index is 0.169. The van der Waals surface area contributed by atoms with Gasteiger partial charge in [-0.05, 0) is 57.9 Å². The summed E-state index contributed by atoms with van der Waals surface area (Å²) in [7, 11) is 0. The summed E-state index contributed by atoms with van der Waals surface area (Å²) in [4.78, 5) is 27.3. The quantitative estimate of drug-likeness (QED) is 0.367. The first-order chi connectivity index (χ1) is 18.5. The number of nitrogens with zero attached hydrogens (tertiary/aromatic N) is 4. The summed E-state index contributed by atoms with van der Waals surface area (Å²) in [5.41, 5.74) is 3.68. The van der Waals surface area contributed by atoms with Crippen LogP contribution in [0, 0.1) is 5.92 Å². The Morgan fingerprint density at radius 1 is 1.26 bits per heavy atom. The number of halogens is 1. The van der Waals surface area contributed by atoms with Gasteiger partial charge in [-0.2, -0.15) is 0 Å². The van der Waals surface area contributed by atoms with Gasteiger partial charge in [-0.1, -0.05) is 38.2 Å². The van der Waals surface area contributed by atoms with Gasteiger partial charge in [-0.15, -0.1) is 0 Å². The lowest BCUT2D eigenvalue weighted by Gasteiger charge is -2.31. The van der Waals surface area contributed by atoms with E-state index in [9.17, 15) is 9.90 Å². The largest absolute Gasteiger partial charge is 0.484 e. The molecule has 1 aliphatic carbocycles. The lowest BCUT2D eigenvalue weighted by Crippen LogP contribution is -2.42. The number of ether oxygens (including phenoxy) is 1. The van der Waals surface area contributed by atoms with Gasteiger partial charge in [0.1, 0.15) is 24.4 Å². The van der Waals surface area contributed by atoms with Crippen molar-refractivity contribution < 1.29 is 19.1 Å². The molecule has 1 amide bonds. The van der Waals surface area contributed by atoms with Gasteiger partial charge in [0, 0.05) is 31.9 Å². The summed E-state index contributed by atoms with van der Waals surface area (Å²) in [5, 5.41) is 13.5. The number of aromatic nitrogens is 3. The van der Waals surface area contributed by atoms with Crippen LogP contribution in [0.3, 0.4) is 0 Å². The first kappa shape index (κ1) is 26.8. The van der Waals surface area contributed by atoms with E-state index in [-0.39, 0.29) is 12.5 Å². The standard InChI is InChI=1S/C28H34BrN5O4/c29-27-24-8-9-34(14-20(24)6-7-26(27)37-16-23-13-30-18-38-23)15-22(35)12-31-28(36)25-11-21(32-17-33-25)10-19-4-2-1-3-5-19/h6-7,11,13,17-19,22,35H,1-5,8-10,12,14-16H2,(H,31,36)/t22-/m0/s1. The maximum atomic E-state index is 12.7. The molecule has 1 saturated carbocycles. The van der Waals surface area contributed by atoms with Crippen molar-refractivity contribution in [3.63, 3.8) is 0 Å². The van der Waals surface area contributed by atoms with Gasteiger partial charge >= 0.3 is 0 Å². The van der Waals surface area contributed by atoms with Crippen molar-refractivity contribution in [1.82, 2.24) is 25.2 Å². The second-order valence-corrected chi connectivity index (χ2v) is 11.0. The predicted molar refractivity (Wildman–Crippen MR) is 145 cm³/mol. The summed E-state index contributed by atoms with van der Waals surface area (Å²) < 4.78 is 12.1. The summed E-state index contributed by atoms with van der Waals surface area (Å²) in [6, 6.07) is 5.80. The number of β-amino-alcohol motifs (C(OH)–C–C–N with tert-alkyl or cyclic N) is 1. The van der Waals surface area contributed by atoms with Gasteiger partial charge in [0.15, 0.2) is 12.2 Å². The number of nitrogens with one attached hydrogen (secondary N) is 1. The topological polar surface area (TPSA) is 114 Å². The Kier molecular flexibility index (Phi) is 9.03. The van der Waals surface area contributed by atoms with Crippen LogP contribution in [-0.4, -0.2) is 56.6 Å². The zero-order valence-corrected chi connectivity index (χ0v) is 23.0. The number of aliphatic hydroxyl groups is 1. The van der Waals surface area contributed by atoms with Gasteiger partial charge in [0.25, 0.3) is 5.91 Å². The van der Waals surface area contributed by atoms with Crippen molar-refractivity contribution in [2.24, 2.45) is 5.92 Å². The Morgan fingerprint density at radius 2 is 2.13 bits per heavy atom. The second-order valence-electron chi connectivity index (χ2n) is 10.2. The molecule has 0 saturated heterocycles. The number of hydrogen-bond acceptors (Lipinski definition) is 8. The number of carbonyl (C=O) groups excluding carboxylic acids is 1. The lowest BCUT2D eigenvalue weighted by atomic mass is 9.86. The first-order valence-corrected chi connectivity index (χ1v) is 14.1. The van der Waals surface area contributed by atoms with Crippen LogP contribution >= 0.6 is 15.9 Å². The first-order valence-electron chi connectivity index (χ1n) is 13.3. The third kappa shape index (κ3) is 6.98. The van der Waals surface area contributed by atoms with E-state index in [1.54, 1.807) is 12.3 Å². The van der Waals surface area contributed by atoms with Crippen molar-refractivity contribution >= 4 is 21.8 Å². The van der Waals surface area contributed by atoms with Gasteiger partial charge in [-0.3, -0.25) is 9.69 Å². The number of fused-ring (bicyclic) bond motifs is 1. The maximum absolute atomic E-state index is 12.7. The highest BCUT2D eigenvalue weighted by Crippen LogP contribution is 2.35. The monoisotopic (exact) mass is 583 g/mol. The molecule has 2 aromatic heterocycles. The van der Waals surface area contributed by atoms with Crippen LogP contribution in [0.2, 0.25) is 0 Å². The van der Waals surface area contributed by atoms with Crippen molar-refractivity contribution in [3.8, 4) is 5.75 Å². The Bertz CT molecular complexity index is 1220. The third-order valence-electron chi connectivity index (χ3n) is 7.38. The number of oxazole rings is 1. The molecule has 1 aromatic carbocycles. The van der Waals surface area contributed by atoms with E-state index in [0.29, 0.717) is 30.5 Å². The fourth-order valence-corrected chi connectivity index (χ4v) is 6.06. The number of aliphatic hydroxyl groups excluding tert-OH is 1. The van der Waals surface area contributed by atoms with E-state index in [0.717, 1.165) is 41.8 Å². The fraction of sp³-hybridized carbons (Fsp3) is 0.500. The molecular weight excluding hydrogens is 550 g/mol. The number of hydrogen-bond donors (Lipinski definition) is 2. The molecule has 5 rings (SSSR count). The van der Waals surface area contributed by atoms with Gasteiger partial charge in [0.2, 0.25) is 0 Å². The van der Waals surface area contributed by atoms with Crippen LogP contribution in [0.25, 0.3) is 0 Å². The Morgan fingerprint density at radius 3 is 2.95 bits per heavy atom. The second kappa shape index (κ2) is 12.8. The summed E-state index contributed by atoms with van der Waals surface area (Å²) in [6.45, 7) is 2.48.